The minimum absolute atomic E-state index is 0.478. The monoisotopic (exact) mass is 290 g/mol. The molecule has 1 saturated heterocycles. The lowest BCUT2D eigenvalue weighted by Crippen LogP contribution is -2.45. The van der Waals surface area contributed by atoms with Gasteiger partial charge < -0.3 is 10.1 Å². The van der Waals surface area contributed by atoms with Crippen molar-refractivity contribution in [2.45, 2.75) is 45.6 Å². The zero-order chi connectivity index (χ0) is 15.2. The van der Waals surface area contributed by atoms with Crippen LogP contribution in [0.2, 0.25) is 0 Å². The van der Waals surface area contributed by atoms with Crippen molar-refractivity contribution in [3.63, 3.8) is 0 Å². The first-order chi connectivity index (χ1) is 10.2. The van der Waals surface area contributed by atoms with E-state index >= 15 is 0 Å². The molecule has 0 amide bonds. The minimum atomic E-state index is 0.478. The number of benzene rings is 1. The molecule has 3 nitrogen and oxygen atoms in total. The summed E-state index contributed by atoms with van der Waals surface area (Å²) in [6.45, 7) is 11.2. The Bertz CT molecular complexity index is 439. The van der Waals surface area contributed by atoms with E-state index in [9.17, 15) is 0 Å². The van der Waals surface area contributed by atoms with Gasteiger partial charge in [0.15, 0.2) is 0 Å². The highest BCUT2D eigenvalue weighted by Crippen LogP contribution is 2.35. The Morgan fingerprint density at radius 3 is 2.52 bits per heavy atom. The fraction of sp³-hybridized carbons (Fsp3) is 0.667. The quantitative estimate of drug-likeness (QED) is 0.867. The van der Waals surface area contributed by atoms with E-state index in [-0.39, 0.29) is 0 Å². The average Bonchev–Trinajstić information content (AvgIpc) is 2.52. The third kappa shape index (κ3) is 3.98. The van der Waals surface area contributed by atoms with Crippen LogP contribution in [-0.2, 0) is 0 Å². The first-order valence-electron chi connectivity index (χ1n) is 8.30. The smallest absolute Gasteiger partial charge is 0.123 e. The molecule has 1 fully saturated rings. The SMILES string of the molecule is CCC[C@@H](c1cc(C(C)C)ccc1OC)N1CCNCC1. The van der Waals surface area contributed by atoms with E-state index in [0.717, 1.165) is 31.9 Å². The molecule has 0 bridgehead atoms. The fourth-order valence-electron chi connectivity index (χ4n) is 3.17. The molecule has 0 saturated carbocycles. The van der Waals surface area contributed by atoms with E-state index in [4.69, 9.17) is 4.74 Å². The van der Waals surface area contributed by atoms with Gasteiger partial charge in [-0.15, -0.1) is 0 Å². The van der Waals surface area contributed by atoms with Gasteiger partial charge in [-0.2, -0.15) is 0 Å². The second-order valence-electron chi connectivity index (χ2n) is 6.25. The maximum Gasteiger partial charge on any atom is 0.123 e. The van der Waals surface area contributed by atoms with Gasteiger partial charge in [0, 0.05) is 37.8 Å². The first kappa shape index (κ1) is 16.3. The van der Waals surface area contributed by atoms with Crippen molar-refractivity contribution >= 4 is 0 Å². The molecule has 1 N–H and O–H groups in total. The van der Waals surface area contributed by atoms with Gasteiger partial charge in [-0.1, -0.05) is 39.3 Å². The lowest BCUT2D eigenvalue weighted by Gasteiger charge is -2.36. The molecule has 118 valence electrons. The predicted octanol–water partition coefficient (Wildman–Crippen LogP) is 3.57. The van der Waals surface area contributed by atoms with Crippen LogP contribution < -0.4 is 10.1 Å². The van der Waals surface area contributed by atoms with Gasteiger partial charge in [-0.25, -0.2) is 0 Å². The summed E-state index contributed by atoms with van der Waals surface area (Å²) in [5.74, 6) is 1.59. The van der Waals surface area contributed by atoms with E-state index in [1.54, 1.807) is 7.11 Å². The molecule has 1 heterocycles. The molecular weight excluding hydrogens is 260 g/mol. The number of hydrogen-bond donors (Lipinski definition) is 1. The van der Waals surface area contributed by atoms with Crippen molar-refractivity contribution in [2.75, 3.05) is 33.3 Å². The summed E-state index contributed by atoms with van der Waals surface area (Å²) in [6, 6.07) is 7.19. The van der Waals surface area contributed by atoms with Crippen LogP contribution >= 0.6 is 0 Å². The highest BCUT2D eigenvalue weighted by Gasteiger charge is 2.24. The number of ether oxygens (including phenoxy) is 1. The molecule has 1 aliphatic heterocycles. The largest absolute Gasteiger partial charge is 0.496 e. The number of nitrogens with one attached hydrogen (secondary N) is 1. The van der Waals surface area contributed by atoms with E-state index in [1.165, 1.54) is 24.0 Å². The molecular formula is C18H30N2O. The highest BCUT2D eigenvalue weighted by atomic mass is 16.5. The van der Waals surface area contributed by atoms with Crippen LogP contribution in [0.5, 0.6) is 5.75 Å². The third-order valence-electron chi connectivity index (χ3n) is 4.43. The third-order valence-corrected chi connectivity index (χ3v) is 4.43. The Morgan fingerprint density at radius 1 is 1.24 bits per heavy atom. The van der Waals surface area contributed by atoms with E-state index in [1.807, 2.05) is 0 Å². The molecule has 0 radical (unpaired) electrons. The van der Waals surface area contributed by atoms with Crippen LogP contribution in [0.1, 0.15) is 56.7 Å². The Balaban J connectivity index is 2.34. The lowest BCUT2D eigenvalue weighted by atomic mass is 9.93. The van der Waals surface area contributed by atoms with E-state index < -0.39 is 0 Å². The molecule has 1 aromatic carbocycles. The lowest BCUT2D eigenvalue weighted by molar-refractivity contribution is 0.162. The molecule has 1 aromatic rings. The zero-order valence-electron chi connectivity index (χ0n) is 14.0. The van der Waals surface area contributed by atoms with Crippen LogP contribution in [0.15, 0.2) is 18.2 Å². The van der Waals surface area contributed by atoms with Crippen LogP contribution in [-0.4, -0.2) is 38.2 Å². The molecule has 0 aliphatic carbocycles. The van der Waals surface area contributed by atoms with Crippen molar-refractivity contribution in [3.8, 4) is 5.75 Å². The van der Waals surface area contributed by atoms with Crippen molar-refractivity contribution in [1.29, 1.82) is 0 Å². The molecule has 3 heteroatoms. The average molecular weight is 290 g/mol. The normalized spacial score (nSPS) is 18.0. The van der Waals surface area contributed by atoms with Crippen LogP contribution in [0.3, 0.4) is 0 Å². The second-order valence-corrected chi connectivity index (χ2v) is 6.25. The first-order valence-corrected chi connectivity index (χ1v) is 8.30. The molecule has 1 atom stereocenters. The number of methoxy groups -OCH3 is 1. The zero-order valence-corrected chi connectivity index (χ0v) is 14.0. The highest BCUT2D eigenvalue weighted by molar-refractivity contribution is 5.40. The molecule has 1 aliphatic rings. The molecule has 0 unspecified atom stereocenters. The summed E-state index contributed by atoms with van der Waals surface area (Å²) < 4.78 is 5.66. The fourth-order valence-corrected chi connectivity index (χ4v) is 3.17. The topological polar surface area (TPSA) is 24.5 Å². The van der Waals surface area contributed by atoms with Gasteiger partial charge in [0.2, 0.25) is 0 Å². The standard InChI is InChI=1S/C18H30N2O/c1-5-6-17(20-11-9-19-10-12-20)16-13-15(14(2)3)7-8-18(16)21-4/h7-8,13-14,17,19H,5-6,9-12H2,1-4H3/t17-/m0/s1. The van der Waals surface area contributed by atoms with Gasteiger partial charge in [0.05, 0.1) is 7.11 Å². The maximum atomic E-state index is 5.66. The maximum absolute atomic E-state index is 5.66. The number of nitrogens with zero attached hydrogens (tertiary/aromatic N) is 1. The van der Waals surface area contributed by atoms with Crippen molar-refractivity contribution in [2.24, 2.45) is 0 Å². The van der Waals surface area contributed by atoms with Gasteiger partial charge >= 0.3 is 0 Å². The summed E-state index contributed by atoms with van der Waals surface area (Å²) in [5.41, 5.74) is 2.77. The summed E-state index contributed by atoms with van der Waals surface area (Å²) in [7, 11) is 1.79. The van der Waals surface area contributed by atoms with E-state index in [0.29, 0.717) is 12.0 Å². The Hall–Kier alpha value is -1.06. The van der Waals surface area contributed by atoms with Gasteiger partial charge in [0.25, 0.3) is 0 Å². The Morgan fingerprint density at radius 2 is 1.95 bits per heavy atom. The number of hydrogen-bond acceptors (Lipinski definition) is 3. The van der Waals surface area contributed by atoms with Crippen molar-refractivity contribution in [1.82, 2.24) is 10.2 Å². The van der Waals surface area contributed by atoms with Crippen LogP contribution in [0, 0.1) is 0 Å². The van der Waals surface area contributed by atoms with Gasteiger partial charge in [-0.05, 0) is 24.0 Å². The van der Waals surface area contributed by atoms with Crippen molar-refractivity contribution < 1.29 is 4.74 Å². The van der Waals surface area contributed by atoms with E-state index in [2.05, 4.69) is 49.2 Å². The second kappa shape index (κ2) is 7.81. The Labute approximate surface area is 129 Å². The predicted molar refractivity (Wildman–Crippen MR) is 89.2 cm³/mol. The Kier molecular flexibility index (Phi) is 6.07. The summed E-state index contributed by atoms with van der Waals surface area (Å²) in [4.78, 5) is 2.61. The van der Waals surface area contributed by atoms with Crippen LogP contribution in [0.25, 0.3) is 0 Å². The van der Waals surface area contributed by atoms with Gasteiger partial charge in [0.1, 0.15) is 5.75 Å². The summed E-state index contributed by atoms with van der Waals surface area (Å²) in [6.07, 6.45) is 2.39. The molecule has 0 aromatic heterocycles. The van der Waals surface area contributed by atoms with Gasteiger partial charge in [-0.3, -0.25) is 4.90 Å². The summed E-state index contributed by atoms with van der Waals surface area (Å²) >= 11 is 0. The molecule has 2 rings (SSSR count). The molecule has 0 spiro atoms. The minimum Gasteiger partial charge on any atom is -0.496 e. The van der Waals surface area contributed by atoms with Crippen molar-refractivity contribution in [3.05, 3.63) is 29.3 Å². The van der Waals surface area contributed by atoms with Crippen LogP contribution in [0.4, 0.5) is 0 Å². The number of rotatable bonds is 6. The number of piperazine rings is 1. The molecule has 21 heavy (non-hydrogen) atoms. The summed E-state index contributed by atoms with van der Waals surface area (Å²) in [5, 5.41) is 3.45.